The predicted octanol–water partition coefficient (Wildman–Crippen LogP) is 3.59. The van der Waals surface area contributed by atoms with Crippen LogP contribution in [-0.2, 0) is 21.4 Å². The molecule has 1 aromatic carbocycles. The third-order valence-electron chi connectivity index (χ3n) is 7.17. The van der Waals surface area contributed by atoms with Crippen molar-refractivity contribution in [1.82, 2.24) is 19.1 Å². The average Bonchev–Trinajstić information content (AvgIpc) is 3.24. The van der Waals surface area contributed by atoms with E-state index >= 15 is 0 Å². The minimum absolute atomic E-state index is 0.0109. The normalized spacial score (nSPS) is 20.8. The highest BCUT2D eigenvalue weighted by Crippen LogP contribution is 2.25. The fourth-order valence-corrected chi connectivity index (χ4v) is 6.82. The second kappa shape index (κ2) is 11.0. The number of hydrogen-bond donors (Lipinski definition) is 1. The Labute approximate surface area is 198 Å². The second-order valence-electron chi connectivity index (χ2n) is 9.43. The molecule has 1 N–H and O–H groups in total. The molecule has 1 amide bonds. The van der Waals surface area contributed by atoms with E-state index in [1.54, 1.807) is 16.4 Å². The van der Waals surface area contributed by atoms with Crippen LogP contribution in [0.2, 0.25) is 0 Å². The molecule has 2 aromatic rings. The lowest BCUT2D eigenvalue weighted by molar-refractivity contribution is -0.121. The van der Waals surface area contributed by atoms with E-state index in [0.717, 1.165) is 43.1 Å². The molecule has 1 aromatic heterocycles. The van der Waals surface area contributed by atoms with Crippen LogP contribution in [0, 0.1) is 0 Å². The van der Waals surface area contributed by atoms with Gasteiger partial charge in [0, 0.05) is 49.3 Å². The monoisotopic (exact) mass is 474 g/mol. The van der Waals surface area contributed by atoms with E-state index in [0.29, 0.717) is 30.6 Å². The van der Waals surface area contributed by atoms with Crippen LogP contribution in [0.15, 0.2) is 35.4 Å². The first kappa shape index (κ1) is 24.2. The highest BCUT2D eigenvalue weighted by molar-refractivity contribution is 7.89. The zero-order valence-corrected chi connectivity index (χ0v) is 20.7. The largest absolute Gasteiger partial charge is 0.355 e. The van der Waals surface area contributed by atoms with Crippen molar-refractivity contribution in [3.05, 3.63) is 30.5 Å². The molecule has 33 heavy (non-hydrogen) atoms. The number of carbonyl (C=O) groups is 1. The summed E-state index contributed by atoms with van der Waals surface area (Å²) in [4.78, 5) is 15.4. The van der Waals surface area contributed by atoms with Gasteiger partial charge in [-0.25, -0.2) is 8.42 Å². The Bertz CT molecular complexity index is 1040. The van der Waals surface area contributed by atoms with Crippen LogP contribution in [0.3, 0.4) is 0 Å². The van der Waals surface area contributed by atoms with Crippen molar-refractivity contribution in [3.63, 3.8) is 0 Å². The molecule has 0 spiro atoms. The lowest BCUT2D eigenvalue weighted by atomic mass is 10.00. The van der Waals surface area contributed by atoms with Crippen molar-refractivity contribution < 1.29 is 13.2 Å². The molecular weight excluding hydrogens is 436 g/mol. The number of amides is 1. The highest BCUT2D eigenvalue weighted by atomic mass is 32.2. The topological polar surface area (TPSA) is 74.6 Å². The molecule has 3 heterocycles. The number of nitrogens with zero attached hydrogens (tertiary/aromatic N) is 3. The van der Waals surface area contributed by atoms with Gasteiger partial charge in [0.15, 0.2) is 0 Å². The van der Waals surface area contributed by atoms with E-state index in [1.165, 1.54) is 32.2 Å². The third-order valence-corrected chi connectivity index (χ3v) is 9.07. The molecule has 2 aliphatic heterocycles. The van der Waals surface area contributed by atoms with Gasteiger partial charge in [0.2, 0.25) is 15.9 Å². The molecule has 2 aliphatic rings. The van der Waals surface area contributed by atoms with E-state index in [9.17, 15) is 13.2 Å². The maximum atomic E-state index is 13.0. The van der Waals surface area contributed by atoms with E-state index < -0.39 is 10.0 Å². The number of rotatable bonds is 9. The second-order valence-corrected chi connectivity index (χ2v) is 11.4. The zero-order chi connectivity index (χ0) is 23.3. The smallest absolute Gasteiger partial charge is 0.243 e. The van der Waals surface area contributed by atoms with Crippen LogP contribution < -0.4 is 5.32 Å². The summed E-state index contributed by atoms with van der Waals surface area (Å²) in [6, 6.07) is 7.81. The van der Waals surface area contributed by atoms with Crippen LogP contribution >= 0.6 is 0 Å². The molecule has 0 aliphatic carbocycles. The van der Waals surface area contributed by atoms with Crippen molar-refractivity contribution in [2.24, 2.45) is 0 Å². The zero-order valence-electron chi connectivity index (χ0n) is 19.8. The number of likely N-dealkylation sites (tertiary alicyclic amines) is 1. The van der Waals surface area contributed by atoms with Gasteiger partial charge in [-0.2, -0.15) is 4.31 Å². The van der Waals surface area contributed by atoms with Gasteiger partial charge >= 0.3 is 0 Å². The summed E-state index contributed by atoms with van der Waals surface area (Å²) < 4.78 is 29.4. The molecule has 1 atom stereocenters. The number of aromatic nitrogens is 1. The molecule has 8 heteroatoms. The first-order valence-electron chi connectivity index (χ1n) is 12.6. The van der Waals surface area contributed by atoms with Crippen molar-refractivity contribution in [1.29, 1.82) is 0 Å². The van der Waals surface area contributed by atoms with E-state index in [1.807, 2.05) is 22.9 Å². The minimum Gasteiger partial charge on any atom is -0.355 e. The molecule has 0 unspecified atom stereocenters. The Morgan fingerprint density at radius 3 is 2.64 bits per heavy atom. The van der Waals surface area contributed by atoms with Crippen LogP contribution in [0.25, 0.3) is 10.9 Å². The Morgan fingerprint density at radius 2 is 1.85 bits per heavy atom. The average molecular weight is 475 g/mol. The summed E-state index contributed by atoms with van der Waals surface area (Å²) in [6.07, 6.45) is 10.9. The molecule has 7 nitrogen and oxygen atoms in total. The number of carbonyl (C=O) groups excluding carboxylic acids is 1. The van der Waals surface area contributed by atoms with Gasteiger partial charge < -0.3 is 14.8 Å². The van der Waals surface area contributed by atoms with Crippen molar-refractivity contribution in [2.75, 3.05) is 32.7 Å². The molecule has 0 bridgehead atoms. The van der Waals surface area contributed by atoms with Crippen LogP contribution in [0.1, 0.15) is 58.3 Å². The SMILES string of the molecule is CC[C@@H]1CCCCN1CCCNC(=O)Cn1ccc2cc(S(=O)(=O)N3CCCCC3)ccc21. The Kier molecular flexibility index (Phi) is 8.09. The van der Waals surface area contributed by atoms with E-state index in [-0.39, 0.29) is 12.5 Å². The molecular formula is C25H38N4O3S. The lowest BCUT2D eigenvalue weighted by Crippen LogP contribution is -2.40. The third kappa shape index (κ3) is 5.78. The number of benzene rings is 1. The van der Waals surface area contributed by atoms with Gasteiger partial charge in [-0.3, -0.25) is 4.79 Å². The number of hydrogen-bond acceptors (Lipinski definition) is 4. The molecule has 2 saturated heterocycles. The molecule has 182 valence electrons. The summed E-state index contributed by atoms with van der Waals surface area (Å²) in [5.41, 5.74) is 0.877. The maximum absolute atomic E-state index is 13.0. The minimum atomic E-state index is -3.46. The van der Waals surface area contributed by atoms with Crippen LogP contribution in [0.5, 0.6) is 0 Å². The summed E-state index contributed by atoms with van der Waals surface area (Å²) in [6.45, 7) is 6.60. The van der Waals surface area contributed by atoms with E-state index in [2.05, 4.69) is 17.1 Å². The van der Waals surface area contributed by atoms with Gasteiger partial charge in [-0.05, 0) is 69.3 Å². The van der Waals surface area contributed by atoms with E-state index in [4.69, 9.17) is 0 Å². The summed E-state index contributed by atoms with van der Waals surface area (Å²) in [7, 11) is -3.46. The molecule has 2 fully saturated rings. The van der Waals surface area contributed by atoms with Crippen molar-refractivity contribution in [3.8, 4) is 0 Å². The summed E-state index contributed by atoms with van der Waals surface area (Å²) in [5, 5.41) is 3.89. The standard InChI is InChI=1S/C25H38N4O3S/c1-2-22-9-4-7-14-27(22)15-8-13-26-25(30)20-28-18-12-21-19-23(10-11-24(21)28)33(31,32)29-16-5-3-6-17-29/h10-12,18-19,22H,2-9,13-17,20H2,1H3,(H,26,30)/t22-/m1/s1. The van der Waals surface area contributed by atoms with Crippen LogP contribution in [0.4, 0.5) is 0 Å². The Balaban J connectivity index is 1.31. The van der Waals surface area contributed by atoms with Gasteiger partial charge in [0.05, 0.1) is 4.90 Å². The quantitative estimate of drug-likeness (QED) is 0.564. The van der Waals surface area contributed by atoms with Crippen molar-refractivity contribution in [2.45, 2.75) is 75.8 Å². The fourth-order valence-electron chi connectivity index (χ4n) is 5.27. The van der Waals surface area contributed by atoms with Gasteiger partial charge in [-0.1, -0.05) is 19.8 Å². The molecule has 4 rings (SSSR count). The molecule has 0 saturated carbocycles. The van der Waals surface area contributed by atoms with Gasteiger partial charge in [0.25, 0.3) is 0 Å². The Morgan fingerprint density at radius 1 is 1.06 bits per heavy atom. The first-order valence-corrected chi connectivity index (χ1v) is 14.0. The van der Waals surface area contributed by atoms with Gasteiger partial charge in [-0.15, -0.1) is 0 Å². The predicted molar refractivity (Wildman–Crippen MR) is 132 cm³/mol. The lowest BCUT2D eigenvalue weighted by Gasteiger charge is -2.35. The van der Waals surface area contributed by atoms with Crippen LogP contribution in [-0.4, -0.2) is 66.9 Å². The van der Waals surface area contributed by atoms with Crippen molar-refractivity contribution >= 4 is 26.8 Å². The number of nitrogens with one attached hydrogen (secondary N) is 1. The Hall–Kier alpha value is -1.90. The number of fused-ring (bicyclic) bond motifs is 1. The van der Waals surface area contributed by atoms with Gasteiger partial charge in [0.1, 0.15) is 6.54 Å². The molecule has 0 radical (unpaired) electrons. The first-order chi connectivity index (χ1) is 16.0. The summed E-state index contributed by atoms with van der Waals surface area (Å²) in [5.74, 6) is -0.0109. The number of sulfonamides is 1. The summed E-state index contributed by atoms with van der Waals surface area (Å²) >= 11 is 0. The number of piperidine rings is 2. The maximum Gasteiger partial charge on any atom is 0.243 e. The highest BCUT2D eigenvalue weighted by Gasteiger charge is 2.26. The fraction of sp³-hybridized carbons (Fsp3) is 0.640.